The molecule has 5 rings (SSSR count). The smallest absolute Gasteiger partial charge is 0.256 e. The fourth-order valence-electron chi connectivity index (χ4n) is 4.04. The number of anilines is 4. The fraction of sp³-hybridized carbons (Fsp3) is 0.423. The summed E-state index contributed by atoms with van der Waals surface area (Å²) in [5.41, 5.74) is 4.72. The SMILES string of the molecule is CN1CCc2cc(Nc3ncc(C(=O)NC4CC4)c(Nc4nccc(C(C)(C)C)n4)n3)ccc2C1.[HH]. The van der Waals surface area contributed by atoms with Gasteiger partial charge in [-0.3, -0.25) is 4.79 Å². The second-order valence-corrected chi connectivity index (χ2v) is 10.4. The van der Waals surface area contributed by atoms with E-state index in [0.29, 0.717) is 23.3 Å². The maximum absolute atomic E-state index is 12.9. The van der Waals surface area contributed by atoms with Crippen LogP contribution in [-0.4, -0.2) is 50.4 Å². The molecule has 9 heteroatoms. The Kier molecular flexibility index (Phi) is 6.10. The van der Waals surface area contributed by atoms with Gasteiger partial charge in [0.2, 0.25) is 11.9 Å². The number of nitrogens with zero attached hydrogens (tertiary/aromatic N) is 5. The van der Waals surface area contributed by atoms with E-state index in [0.717, 1.165) is 43.7 Å². The minimum absolute atomic E-state index is 0. The second-order valence-electron chi connectivity index (χ2n) is 10.4. The van der Waals surface area contributed by atoms with Crippen LogP contribution in [0.4, 0.5) is 23.4 Å². The van der Waals surface area contributed by atoms with Crippen molar-refractivity contribution in [3.05, 3.63) is 59.0 Å². The lowest BCUT2D eigenvalue weighted by Crippen LogP contribution is -2.27. The first kappa shape index (κ1) is 23.2. The molecule has 1 saturated carbocycles. The van der Waals surface area contributed by atoms with Crippen molar-refractivity contribution in [3.8, 4) is 0 Å². The van der Waals surface area contributed by atoms with Crippen LogP contribution in [-0.2, 0) is 18.4 Å². The van der Waals surface area contributed by atoms with Crippen molar-refractivity contribution in [2.24, 2.45) is 0 Å². The third kappa shape index (κ3) is 5.57. The standard InChI is InChI=1S/C26H32N8O.H2/c1-26(2,3)21-9-11-27-24(31-21)32-22-20(23(35)29-18-7-8-18)14-28-25(33-22)30-19-6-5-17-15-34(4)12-10-16(17)13-19;/h5-6,9,11,13-14,18H,7-8,10,12,15H2,1-4H3,(H,29,35)(H2,27,28,30,31,32,33);1H. The number of hydrogen-bond acceptors (Lipinski definition) is 8. The van der Waals surface area contributed by atoms with Crippen LogP contribution in [0.15, 0.2) is 36.7 Å². The Balaban J connectivity index is 0.00000304. The van der Waals surface area contributed by atoms with Gasteiger partial charge in [-0.2, -0.15) is 4.98 Å². The molecule has 35 heavy (non-hydrogen) atoms. The Morgan fingerprint density at radius 1 is 1.06 bits per heavy atom. The van der Waals surface area contributed by atoms with Gasteiger partial charge >= 0.3 is 0 Å². The lowest BCUT2D eigenvalue weighted by atomic mass is 9.92. The zero-order valence-electron chi connectivity index (χ0n) is 20.7. The first-order valence-corrected chi connectivity index (χ1v) is 12.1. The van der Waals surface area contributed by atoms with Gasteiger partial charge in [-0.05, 0) is 55.6 Å². The van der Waals surface area contributed by atoms with Gasteiger partial charge in [0.15, 0.2) is 5.82 Å². The van der Waals surface area contributed by atoms with E-state index in [9.17, 15) is 4.79 Å². The molecule has 2 aliphatic rings. The van der Waals surface area contributed by atoms with Crippen molar-refractivity contribution < 1.29 is 6.22 Å². The summed E-state index contributed by atoms with van der Waals surface area (Å²) in [7, 11) is 2.14. The van der Waals surface area contributed by atoms with Crippen molar-refractivity contribution in [1.29, 1.82) is 0 Å². The Hall–Kier alpha value is -3.59. The summed E-state index contributed by atoms with van der Waals surface area (Å²) in [6.45, 7) is 8.28. The summed E-state index contributed by atoms with van der Waals surface area (Å²) in [5.74, 6) is 0.952. The van der Waals surface area contributed by atoms with Crippen molar-refractivity contribution in [2.75, 3.05) is 24.2 Å². The molecule has 2 aromatic heterocycles. The van der Waals surface area contributed by atoms with Gasteiger partial charge in [-0.15, -0.1) is 0 Å². The van der Waals surface area contributed by atoms with Gasteiger partial charge in [0, 0.05) is 44.1 Å². The predicted octanol–water partition coefficient (Wildman–Crippen LogP) is 4.18. The molecule has 3 N–H and O–H groups in total. The van der Waals surface area contributed by atoms with Crippen molar-refractivity contribution in [1.82, 2.24) is 30.2 Å². The molecule has 0 spiro atoms. The second kappa shape index (κ2) is 9.22. The van der Waals surface area contributed by atoms with Gasteiger partial charge in [0.25, 0.3) is 5.91 Å². The molecule has 0 saturated heterocycles. The van der Waals surface area contributed by atoms with Gasteiger partial charge in [-0.25, -0.2) is 15.0 Å². The van der Waals surface area contributed by atoms with Crippen LogP contribution in [0.3, 0.4) is 0 Å². The zero-order chi connectivity index (χ0) is 24.6. The molecule has 1 fully saturated rings. The molecule has 9 nitrogen and oxygen atoms in total. The third-order valence-corrected chi connectivity index (χ3v) is 6.27. The largest absolute Gasteiger partial charge is 0.349 e. The lowest BCUT2D eigenvalue weighted by molar-refractivity contribution is 0.0951. The summed E-state index contributed by atoms with van der Waals surface area (Å²) in [4.78, 5) is 33.3. The first-order valence-electron chi connectivity index (χ1n) is 12.1. The number of rotatable bonds is 6. The summed E-state index contributed by atoms with van der Waals surface area (Å²) in [6, 6.07) is 8.46. The van der Waals surface area contributed by atoms with E-state index in [4.69, 9.17) is 0 Å². The Labute approximate surface area is 207 Å². The van der Waals surface area contributed by atoms with E-state index in [2.05, 4.69) is 80.7 Å². The monoisotopic (exact) mass is 474 g/mol. The highest BCUT2D eigenvalue weighted by molar-refractivity contribution is 5.99. The average molecular weight is 475 g/mol. The minimum atomic E-state index is -0.202. The first-order chi connectivity index (χ1) is 16.7. The molecule has 0 atom stereocenters. The maximum Gasteiger partial charge on any atom is 0.256 e. The number of benzene rings is 1. The van der Waals surface area contributed by atoms with Gasteiger partial charge in [0.1, 0.15) is 5.56 Å². The van der Waals surface area contributed by atoms with Crippen molar-refractivity contribution in [2.45, 2.75) is 58.0 Å². The quantitative estimate of drug-likeness (QED) is 0.488. The van der Waals surface area contributed by atoms with E-state index in [1.54, 1.807) is 12.4 Å². The summed E-state index contributed by atoms with van der Waals surface area (Å²) in [6.07, 6.45) is 6.28. The molecule has 3 aromatic rings. The van der Waals surface area contributed by atoms with Crippen molar-refractivity contribution in [3.63, 3.8) is 0 Å². The molecule has 0 radical (unpaired) electrons. The number of aromatic nitrogens is 4. The molecule has 1 aromatic carbocycles. The maximum atomic E-state index is 12.9. The highest BCUT2D eigenvalue weighted by atomic mass is 16.1. The highest BCUT2D eigenvalue weighted by Crippen LogP contribution is 2.26. The fourth-order valence-corrected chi connectivity index (χ4v) is 4.04. The normalized spacial score (nSPS) is 15.9. The Morgan fingerprint density at radius 2 is 1.86 bits per heavy atom. The van der Waals surface area contributed by atoms with E-state index in [1.165, 1.54) is 11.1 Å². The molecule has 0 unspecified atom stereocenters. The van der Waals surface area contributed by atoms with E-state index in [-0.39, 0.29) is 18.8 Å². The Morgan fingerprint density at radius 3 is 2.63 bits per heavy atom. The van der Waals surface area contributed by atoms with Crippen LogP contribution in [0.2, 0.25) is 0 Å². The number of nitrogens with one attached hydrogen (secondary N) is 3. The molecule has 0 bridgehead atoms. The summed E-state index contributed by atoms with van der Waals surface area (Å²) >= 11 is 0. The molecular weight excluding hydrogens is 440 g/mol. The van der Waals surface area contributed by atoms with Gasteiger partial charge < -0.3 is 20.9 Å². The molecule has 1 aliphatic heterocycles. The summed E-state index contributed by atoms with van der Waals surface area (Å²) in [5, 5.41) is 9.47. The molecular formula is C26H34N8O. The number of fused-ring (bicyclic) bond motifs is 1. The summed E-state index contributed by atoms with van der Waals surface area (Å²) < 4.78 is 0. The molecule has 184 valence electrons. The van der Waals surface area contributed by atoms with Crippen LogP contribution < -0.4 is 16.0 Å². The zero-order valence-corrected chi connectivity index (χ0v) is 20.7. The number of carbonyl (C=O) groups excluding carboxylic acids is 1. The van der Waals surface area contributed by atoms with Crippen LogP contribution in [0.5, 0.6) is 0 Å². The van der Waals surface area contributed by atoms with Crippen LogP contribution in [0, 0.1) is 0 Å². The van der Waals surface area contributed by atoms with E-state index >= 15 is 0 Å². The van der Waals surface area contributed by atoms with Crippen LogP contribution >= 0.6 is 0 Å². The topological polar surface area (TPSA) is 108 Å². The van der Waals surface area contributed by atoms with E-state index in [1.807, 2.05) is 12.1 Å². The van der Waals surface area contributed by atoms with Crippen molar-refractivity contribution >= 4 is 29.3 Å². The van der Waals surface area contributed by atoms with E-state index < -0.39 is 0 Å². The molecule has 1 amide bonds. The number of carbonyl (C=O) groups is 1. The van der Waals surface area contributed by atoms with Crippen LogP contribution in [0.25, 0.3) is 0 Å². The van der Waals surface area contributed by atoms with Crippen LogP contribution in [0.1, 0.15) is 62.2 Å². The molecule has 3 heterocycles. The predicted molar refractivity (Wildman–Crippen MR) is 138 cm³/mol. The minimum Gasteiger partial charge on any atom is -0.349 e. The van der Waals surface area contributed by atoms with Gasteiger partial charge in [0.05, 0.1) is 5.69 Å². The third-order valence-electron chi connectivity index (χ3n) is 6.27. The molecule has 1 aliphatic carbocycles. The Bertz CT molecular complexity index is 1250. The number of amides is 1. The highest BCUT2D eigenvalue weighted by Gasteiger charge is 2.26. The van der Waals surface area contributed by atoms with Gasteiger partial charge in [-0.1, -0.05) is 26.8 Å². The number of hydrogen-bond donors (Lipinski definition) is 3. The number of likely N-dealkylation sites (N-methyl/N-ethyl adjacent to an activating group) is 1. The average Bonchev–Trinajstić information content (AvgIpc) is 3.63. The lowest BCUT2D eigenvalue weighted by Gasteiger charge is -2.25.